The second-order valence-electron chi connectivity index (χ2n) is 8.46. The number of halogens is 1. The summed E-state index contributed by atoms with van der Waals surface area (Å²) in [6.45, 7) is 1.98. The molecule has 2 aliphatic rings. The number of nitrogens with two attached hydrogens (primary N) is 1. The van der Waals surface area contributed by atoms with Crippen molar-refractivity contribution < 1.29 is 9.59 Å². The first kappa shape index (κ1) is 22.8. The minimum atomic E-state index is -0.465. The largest absolute Gasteiger partial charge is 0.364 e. The summed E-state index contributed by atoms with van der Waals surface area (Å²) < 4.78 is 0. The van der Waals surface area contributed by atoms with Gasteiger partial charge in [-0.1, -0.05) is 30.9 Å². The van der Waals surface area contributed by atoms with E-state index < -0.39 is 5.91 Å². The maximum atomic E-state index is 12.2. The van der Waals surface area contributed by atoms with Gasteiger partial charge in [0.1, 0.15) is 5.69 Å². The maximum absolute atomic E-state index is 12.2. The van der Waals surface area contributed by atoms with Crippen LogP contribution in [-0.2, 0) is 13.0 Å². The van der Waals surface area contributed by atoms with Crippen molar-refractivity contribution in [2.75, 3.05) is 13.6 Å². The molecule has 170 valence electrons. The van der Waals surface area contributed by atoms with Crippen molar-refractivity contribution >= 4 is 45.7 Å². The van der Waals surface area contributed by atoms with Crippen LogP contribution >= 0.6 is 22.9 Å². The molecule has 9 heteroatoms. The van der Waals surface area contributed by atoms with E-state index in [1.54, 1.807) is 29.5 Å². The number of nitrogens with one attached hydrogen (secondary N) is 2. The van der Waals surface area contributed by atoms with Gasteiger partial charge in [0.25, 0.3) is 11.8 Å². The highest BCUT2D eigenvalue weighted by atomic mass is 35.5. The minimum Gasteiger partial charge on any atom is -0.364 e. The van der Waals surface area contributed by atoms with E-state index in [0.717, 1.165) is 48.9 Å². The van der Waals surface area contributed by atoms with E-state index in [4.69, 9.17) is 17.3 Å². The zero-order valence-corrected chi connectivity index (χ0v) is 19.7. The summed E-state index contributed by atoms with van der Waals surface area (Å²) in [7, 11) is 2.12. The number of likely N-dealkylation sites (N-methyl/N-ethyl adjacent to an activating group) is 1. The average Bonchev–Trinajstić information content (AvgIpc) is 3.38. The third-order valence-corrected chi connectivity index (χ3v) is 7.22. The van der Waals surface area contributed by atoms with Crippen LogP contribution in [0.2, 0.25) is 5.02 Å². The fourth-order valence-electron chi connectivity index (χ4n) is 4.15. The zero-order valence-electron chi connectivity index (χ0n) is 18.1. The number of hydrogen-bond donors (Lipinski definition) is 3. The number of nitrogens with zero attached hydrogens (tertiary/aromatic N) is 2. The molecule has 1 aromatic carbocycles. The topological polar surface area (TPSA) is 104 Å². The molecule has 0 unspecified atom stereocenters. The normalized spacial score (nSPS) is 16.8. The lowest BCUT2D eigenvalue weighted by Gasteiger charge is -2.22. The first-order chi connectivity index (χ1) is 15.4. The summed E-state index contributed by atoms with van der Waals surface area (Å²) in [5.41, 5.74) is 7.51. The molecule has 2 amide bonds. The van der Waals surface area contributed by atoms with Crippen LogP contribution in [0, 0.1) is 0 Å². The number of thiazole rings is 1. The Morgan fingerprint density at radius 3 is 2.78 bits per heavy atom. The summed E-state index contributed by atoms with van der Waals surface area (Å²) in [5.74, 6) is -0.429. The van der Waals surface area contributed by atoms with Gasteiger partial charge in [0.05, 0.1) is 5.69 Å². The number of aromatic amines is 1. The highest BCUT2D eigenvalue weighted by Crippen LogP contribution is 2.25. The van der Waals surface area contributed by atoms with E-state index >= 15 is 0 Å². The molecule has 0 radical (unpaired) electrons. The average molecular weight is 474 g/mol. The van der Waals surface area contributed by atoms with Crippen LogP contribution < -0.4 is 11.1 Å². The Morgan fingerprint density at radius 2 is 2.03 bits per heavy atom. The van der Waals surface area contributed by atoms with Gasteiger partial charge in [-0.05, 0) is 44.2 Å². The fourth-order valence-corrected chi connectivity index (χ4v) is 5.42. The van der Waals surface area contributed by atoms with Crippen LogP contribution in [0.25, 0.3) is 10.9 Å². The van der Waals surface area contributed by atoms with Gasteiger partial charge in [-0.3, -0.25) is 9.59 Å². The van der Waals surface area contributed by atoms with Crippen molar-refractivity contribution in [3.63, 3.8) is 0 Å². The number of hydrogen-bond acceptors (Lipinski definition) is 5. The molecule has 5 rings (SSSR count). The lowest BCUT2D eigenvalue weighted by atomic mass is 9.95. The maximum Gasteiger partial charge on any atom is 0.280 e. The second-order valence-corrected chi connectivity index (χ2v) is 9.98. The molecular weight excluding hydrogens is 446 g/mol. The number of primary amides is 1. The molecule has 3 aromatic rings. The first-order valence-corrected chi connectivity index (χ1v) is 12.1. The van der Waals surface area contributed by atoms with Crippen LogP contribution in [0.1, 0.15) is 63.0 Å². The summed E-state index contributed by atoms with van der Waals surface area (Å²) in [6, 6.07) is 7.39. The van der Waals surface area contributed by atoms with Crippen LogP contribution in [0.15, 0.2) is 24.3 Å². The van der Waals surface area contributed by atoms with Crippen LogP contribution in [-0.4, -0.2) is 46.3 Å². The third-order valence-electron chi connectivity index (χ3n) is 5.90. The monoisotopic (exact) mass is 473 g/mol. The summed E-state index contributed by atoms with van der Waals surface area (Å²) in [6.07, 6.45) is 7.01. The third kappa shape index (κ3) is 5.49. The van der Waals surface area contributed by atoms with Crippen molar-refractivity contribution in [3.05, 3.63) is 50.6 Å². The van der Waals surface area contributed by atoms with E-state index in [0.29, 0.717) is 21.8 Å². The molecule has 1 fully saturated rings. The van der Waals surface area contributed by atoms with Crippen molar-refractivity contribution in [2.24, 2.45) is 5.73 Å². The number of carbonyl (C=O) groups is 2. The smallest absolute Gasteiger partial charge is 0.280 e. The first-order valence-electron chi connectivity index (χ1n) is 10.9. The van der Waals surface area contributed by atoms with Crippen molar-refractivity contribution in [2.45, 2.75) is 51.1 Å². The number of fused-ring (bicyclic) bond motifs is 2. The van der Waals surface area contributed by atoms with Gasteiger partial charge in [0, 0.05) is 46.4 Å². The quantitative estimate of drug-likeness (QED) is 0.532. The molecule has 1 saturated carbocycles. The molecule has 3 heterocycles. The van der Waals surface area contributed by atoms with Crippen LogP contribution in [0.5, 0.6) is 0 Å². The highest BCUT2D eigenvalue weighted by molar-refractivity contribution is 7.13. The van der Waals surface area contributed by atoms with Gasteiger partial charge in [0.15, 0.2) is 5.01 Å². The molecule has 0 spiro atoms. The predicted octanol–water partition coefficient (Wildman–Crippen LogP) is 4.11. The number of carbonyl (C=O) groups excluding carboxylic acids is 2. The van der Waals surface area contributed by atoms with Gasteiger partial charge < -0.3 is 20.9 Å². The van der Waals surface area contributed by atoms with Gasteiger partial charge in [-0.15, -0.1) is 11.3 Å². The second kappa shape index (κ2) is 10.0. The predicted molar refractivity (Wildman–Crippen MR) is 128 cm³/mol. The van der Waals surface area contributed by atoms with Gasteiger partial charge >= 0.3 is 0 Å². The van der Waals surface area contributed by atoms with Gasteiger partial charge in [-0.25, -0.2) is 4.98 Å². The van der Waals surface area contributed by atoms with E-state index in [-0.39, 0.29) is 5.91 Å². The van der Waals surface area contributed by atoms with Crippen LogP contribution in [0.4, 0.5) is 0 Å². The lowest BCUT2D eigenvalue weighted by molar-refractivity contribution is 0.0926. The Bertz CT molecular complexity index is 1120. The highest BCUT2D eigenvalue weighted by Gasteiger charge is 2.23. The van der Waals surface area contributed by atoms with E-state index in [1.807, 2.05) is 6.07 Å². The van der Waals surface area contributed by atoms with Crippen molar-refractivity contribution in [1.29, 1.82) is 0 Å². The Morgan fingerprint density at radius 1 is 1.25 bits per heavy atom. The standard InChI is InChI=1S/C14H21N3OS.C9H7ClN2O/c1-17-8-7-11-12(9-17)19-14(16-11)13(18)15-10-5-3-2-4-6-10;10-6-1-2-7-5(3-6)4-8(12-7)9(11)13/h10H,2-9H2,1H3,(H,15,18);1-4,12H,(H2,11,13). The molecular formula is C23H28ClN5O2S. The van der Waals surface area contributed by atoms with Crippen molar-refractivity contribution in [3.8, 4) is 0 Å². The number of amides is 2. The fraction of sp³-hybridized carbons (Fsp3) is 0.435. The molecule has 32 heavy (non-hydrogen) atoms. The number of aromatic nitrogens is 2. The van der Waals surface area contributed by atoms with E-state index in [1.165, 1.54) is 24.1 Å². The molecule has 0 atom stereocenters. The number of H-pyrrole nitrogens is 1. The lowest BCUT2D eigenvalue weighted by Crippen LogP contribution is -2.36. The van der Waals surface area contributed by atoms with E-state index in [2.05, 4.69) is 27.2 Å². The minimum absolute atomic E-state index is 0.0361. The molecule has 7 nitrogen and oxygen atoms in total. The molecule has 0 bridgehead atoms. The Kier molecular flexibility index (Phi) is 7.13. The SMILES string of the molecule is CN1CCc2nc(C(=O)NC3CCCCC3)sc2C1.NC(=O)c1cc2cc(Cl)ccc2[nH]1. The Labute approximate surface area is 196 Å². The Hall–Kier alpha value is -2.42. The Balaban J connectivity index is 0.000000165. The summed E-state index contributed by atoms with van der Waals surface area (Å²) >= 11 is 7.35. The molecule has 1 aliphatic heterocycles. The van der Waals surface area contributed by atoms with Crippen molar-refractivity contribution in [1.82, 2.24) is 20.2 Å². The molecule has 0 saturated heterocycles. The molecule has 2 aromatic heterocycles. The zero-order chi connectivity index (χ0) is 22.7. The van der Waals surface area contributed by atoms with Gasteiger partial charge in [-0.2, -0.15) is 0 Å². The van der Waals surface area contributed by atoms with Crippen LogP contribution in [0.3, 0.4) is 0 Å². The summed E-state index contributed by atoms with van der Waals surface area (Å²) in [4.78, 5) is 34.0. The number of rotatable bonds is 3. The summed E-state index contributed by atoms with van der Waals surface area (Å²) in [5, 5.41) is 5.34. The molecule has 1 aliphatic carbocycles. The van der Waals surface area contributed by atoms with Gasteiger partial charge in [0.2, 0.25) is 0 Å². The van der Waals surface area contributed by atoms with E-state index in [9.17, 15) is 9.59 Å². The molecule has 4 N–H and O–H groups in total. The number of benzene rings is 1.